The monoisotopic (exact) mass is 243 g/mol. The molecule has 0 radical (unpaired) electrons. The normalized spacial score (nSPS) is 46.8. The van der Waals surface area contributed by atoms with Crippen molar-refractivity contribution in [2.45, 2.75) is 49.7 Å². The molecule has 1 N–H and O–H groups in total. The Morgan fingerprint density at radius 1 is 1.18 bits per heavy atom. The van der Waals surface area contributed by atoms with Crippen LogP contribution in [-0.2, 0) is 4.84 Å². The molecule has 17 heavy (non-hydrogen) atoms. The molecule has 0 aromatic carbocycles. The number of rotatable bonds is 3. The highest BCUT2D eigenvalue weighted by Gasteiger charge is 2.67. The van der Waals surface area contributed by atoms with E-state index in [1.54, 1.807) is 0 Å². The molecule has 2 atom stereocenters. The first-order valence-corrected chi connectivity index (χ1v) is 5.93. The summed E-state index contributed by atoms with van der Waals surface area (Å²) in [6.07, 6.45) is 3.72. The van der Waals surface area contributed by atoms with Crippen LogP contribution in [0.2, 0.25) is 0 Å². The van der Waals surface area contributed by atoms with E-state index in [2.05, 4.69) is 0 Å². The maximum absolute atomic E-state index is 11.3. The van der Waals surface area contributed by atoms with Crippen molar-refractivity contribution in [2.24, 2.45) is 11.8 Å². The maximum Gasteiger partial charge on any atom is 0.475 e. The van der Waals surface area contributed by atoms with Gasteiger partial charge in [0.2, 0.25) is 5.54 Å². The zero-order valence-corrected chi connectivity index (χ0v) is 9.37. The van der Waals surface area contributed by atoms with Crippen molar-refractivity contribution in [1.82, 2.24) is 0 Å². The standard InChI is InChI=1S/C10H15N2O5/c13-11(14)9-2-7-1-8(3-9)5-10(4-7,6-9)17-12(15)16/h7-8H,1-6H2,(H,15,16)/q+1. The predicted molar refractivity (Wildman–Crippen MR) is 53.6 cm³/mol. The second-order valence-corrected chi connectivity index (χ2v) is 5.95. The van der Waals surface area contributed by atoms with E-state index in [0.29, 0.717) is 25.7 Å². The van der Waals surface area contributed by atoms with E-state index in [9.17, 15) is 15.0 Å². The maximum atomic E-state index is 11.3. The smallest absolute Gasteiger partial charge is 0.264 e. The van der Waals surface area contributed by atoms with Crippen molar-refractivity contribution in [2.75, 3.05) is 0 Å². The fourth-order valence-electron chi connectivity index (χ4n) is 4.62. The van der Waals surface area contributed by atoms with Crippen molar-refractivity contribution < 1.29 is 20.1 Å². The Morgan fingerprint density at radius 2 is 1.76 bits per heavy atom. The highest BCUT2D eigenvalue weighted by atomic mass is 17.0. The number of hydrogen-bond donors (Lipinski definition) is 1. The van der Waals surface area contributed by atoms with Crippen LogP contribution in [0.1, 0.15) is 38.5 Å². The molecule has 0 heterocycles. The Morgan fingerprint density at radius 3 is 2.24 bits per heavy atom. The van der Waals surface area contributed by atoms with Crippen LogP contribution in [0.5, 0.6) is 0 Å². The molecule has 7 nitrogen and oxygen atoms in total. The second kappa shape index (κ2) is 3.08. The minimum Gasteiger partial charge on any atom is -0.264 e. The molecule has 0 aromatic heterocycles. The number of nitrogens with zero attached hydrogens (tertiary/aromatic N) is 2. The van der Waals surface area contributed by atoms with Crippen molar-refractivity contribution >= 4 is 0 Å². The molecular formula is C10H15N2O5+. The molecule has 94 valence electrons. The minimum absolute atomic E-state index is 0.199. The van der Waals surface area contributed by atoms with Crippen LogP contribution in [0.3, 0.4) is 0 Å². The van der Waals surface area contributed by atoms with Gasteiger partial charge in [-0.2, -0.15) is 4.84 Å². The zero-order valence-electron chi connectivity index (χ0n) is 9.37. The van der Waals surface area contributed by atoms with Gasteiger partial charge in [0, 0.05) is 17.8 Å². The largest absolute Gasteiger partial charge is 0.475 e. The summed E-state index contributed by atoms with van der Waals surface area (Å²) in [5, 5.41) is 19.5. The van der Waals surface area contributed by atoms with Gasteiger partial charge in [0.15, 0.2) is 5.60 Å². The van der Waals surface area contributed by atoms with E-state index < -0.39 is 16.2 Å². The van der Waals surface area contributed by atoms with E-state index in [1.807, 2.05) is 0 Å². The first kappa shape index (κ1) is 10.7. The predicted octanol–water partition coefficient (Wildman–Crippen LogP) is 1.45. The SMILES string of the molecule is O=[N+](O)OC12CC3CC(C1)CC([N+](=O)[O-])(C3)C2. The lowest BCUT2D eigenvalue weighted by Gasteiger charge is -2.53. The molecule has 4 aliphatic carbocycles. The van der Waals surface area contributed by atoms with Crippen LogP contribution >= 0.6 is 0 Å². The average Bonchev–Trinajstić information content (AvgIpc) is 2.12. The first-order chi connectivity index (χ1) is 7.93. The summed E-state index contributed by atoms with van der Waals surface area (Å²) in [5.74, 6) is 0.503. The van der Waals surface area contributed by atoms with Crippen LogP contribution in [0, 0.1) is 26.9 Å². The topological polar surface area (TPSA) is 92.7 Å². The van der Waals surface area contributed by atoms with Gasteiger partial charge in [-0.25, -0.2) is 5.21 Å². The lowest BCUT2D eigenvalue weighted by molar-refractivity contribution is -0.990. The van der Waals surface area contributed by atoms with Crippen LogP contribution in [0.25, 0.3) is 0 Å². The molecule has 0 spiro atoms. The highest BCUT2D eigenvalue weighted by molar-refractivity contribution is 5.09. The zero-order chi connectivity index (χ0) is 12.3. The summed E-state index contributed by atoms with van der Waals surface area (Å²) in [5.41, 5.74) is -1.74. The van der Waals surface area contributed by atoms with Gasteiger partial charge in [-0.3, -0.25) is 10.1 Å². The molecule has 4 fully saturated rings. The lowest BCUT2D eigenvalue weighted by atomic mass is 9.51. The Balaban J connectivity index is 1.94. The lowest BCUT2D eigenvalue weighted by Crippen LogP contribution is -2.63. The van der Waals surface area contributed by atoms with Gasteiger partial charge in [-0.1, -0.05) is 0 Å². The van der Waals surface area contributed by atoms with E-state index >= 15 is 0 Å². The van der Waals surface area contributed by atoms with Crippen LogP contribution in [0.4, 0.5) is 0 Å². The van der Waals surface area contributed by atoms with Gasteiger partial charge >= 0.3 is 5.09 Å². The molecule has 0 amide bonds. The fourth-order valence-corrected chi connectivity index (χ4v) is 4.62. The van der Waals surface area contributed by atoms with E-state index in [0.717, 1.165) is 6.42 Å². The molecule has 4 saturated carbocycles. The minimum atomic E-state index is -0.930. The first-order valence-electron chi connectivity index (χ1n) is 5.93. The van der Waals surface area contributed by atoms with Gasteiger partial charge in [-0.15, -0.1) is 0 Å². The quantitative estimate of drug-likeness (QED) is 0.598. The molecule has 0 aromatic rings. The molecule has 4 rings (SSSR count). The van der Waals surface area contributed by atoms with E-state index in [1.165, 1.54) is 0 Å². The Hall–Kier alpha value is -1.40. The molecule has 4 aliphatic rings. The Kier molecular flexibility index (Phi) is 1.95. The third-order valence-corrected chi connectivity index (χ3v) is 4.64. The summed E-state index contributed by atoms with van der Waals surface area (Å²) >= 11 is 0. The summed E-state index contributed by atoms with van der Waals surface area (Å²) in [6, 6.07) is 0. The van der Waals surface area contributed by atoms with E-state index in [-0.39, 0.29) is 23.2 Å². The fraction of sp³-hybridized carbons (Fsp3) is 1.00. The van der Waals surface area contributed by atoms with Crippen LogP contribution in [-0.4, -0.2) is 26.4 Å². The highest BCUT2D eigenvalue weighted by Crippen LogP contribution is 2.59. The molecule has 0 saturated heterocycles. The number of hydrogen-bond acceptors (Lipinski definition) is 4. The number of nitro groups is 1. The Labute approximate surface area is 97.4 Å². The molecule has 2 unspecified atom stereocenters. The summed E-state index contributed by atoms with van der Waals surface area (Å²) in [7, 11) is 0. The summed E-state index contributed by atoms with van der Waals surface area (Å²) in [6.45, 7) is 0. The van der Waals surface area contributed by atoms with E-state index in [4.69, 9.17) is 10.0 Å². The van der Waals surface area contributed by atoms with Crippen molar-refractivity contribution in [1.29, 1.82) is 0 Å². The third-order valence-electron chi connectivity index (χ3n) is 4.64. The van der Waals surface area contributed by atoms with Crippen LogP contribution in [0.15, 0.2) is 0 Å². The van der Waals surface area contributed by atoms with Gasteiger partial charge in [0.25, 0.3) is 0 Å². The molecular weight excluding hydrogens is 228 g/mol. The van der Waals surface area contributed by atoms with Crippen molar-refractivity contribution in [3.05, 3.63) is 15.0 Å². The average molecular weight is 243 g/mol. The third kappa shape index (κ3) is 1.48. The molecule has 7 heteroatoms. The Bertz CT molecular complexity index is 382. The summed E-state index contributed by atoms with van der Waals surface area (Å²) < 4.78 is 0. The van der Waals surface area contributed by atoms with Crippen molar-refractivity contribution in [3.8, 4) is 0 Å². The molecule has 0 aliphatic heterocycles. The van der Waals surface area contributed by atoms with Gasteiger partial charge < -0.3 is 0 Å². The van der Waals surface area contributed by atoms with Gasteiger partial charge in [-0.05, 0) is 31.1 Å². The van der Waals surface area contributed by atoms with Gasteiger partial charge in [0.05, 0.1) is 6.42 Å². The van der Waals surface area contributed by atoms with Gasteiger partial charge in [0.1, 0.15) is 4.91 Å². The second-order valence-electron chi connectivity index (χ2n) is 5.95. The van der Waals surface area contributed by atoms with Crippen molar-refractivity contribution in [3.63, 3.8) is 0 Å². The van der Waals surface area contributed by atoms with Crippen LogP contribution < -0.4 is 0 Å². The summed E-state index contributed by atoms with van der Waals surface area (Å²) in [4.78, 5) is 26.7. The molecule has 4 bridgehead atoms.